The molecule has 212 valence electrons. The van der Waals surface area contributed by atoms with Crippen molar-refractivity contribution in [3.05, 3.63) is 140 Å². The summed E-state index contributed by atoms with van der Waals surface area (Å²) in [6.45, 7) is 4.00. The van der Waals surface area contributed by atoms with Gasteiger partial charge in [0.1, 0.15) is 5.01 Å². The predicted molar refractivity (Wildman–Crippen MR) is 180 cm³/mol. The zero-order valence-electron chi connectivity index (χ0n) is 23.5. The van der Waals surface area contributed by atoms with Crippen LogP contribution in [0.4, 0.5) is 5.69 Å². The third-order valence-electron chi connectivity index (χ3n) is 7.26. The van der Waals surface area contributed by atoms with E-state index in [1.54, 1.807) is 11.3 Å². The Morgan fingerprint density at radius 2 is 1.77 bits per heavy atom. The van der Waals surface area contributed by atoms with E-state index in [9.17, 15) is 10.1 Å². The number of allylic oxidation sites excluding steroid dienone is 2. The zero-order chi connectivity index (χ0) is 29.9. The first-order valence-electron chi connectivity index (χ1n) is 13.7. The molecule has 1 atom stereocenters. The normalized spacial score (nSPS) is 14.9. The van der Waals surface area contributed by atoms with E-state index in [4.69, 9.17) is 16.6 Å². The minimum atomic E-state index is -0.499. The number of dihydropyridines is 1. The van der Waals surface area contributed by atoms with Gasteiger partial charge in [-0.15, -0.1) is 11.3 Å². The van der Waals surface area contributed by atoms with E-state index in [2.05, 4.69) is 22.8 Å². The molecule has 1 aliphatic heterocycles. The van der Waals surface area contributed by atoms with E-state index in [0.717, 1.165) is 54.4 Å². The van der Waals surface area contributed by atoms with E-state index in [1.165, 1.54) is 11.8 Å². The molecule has 43 heavy (non-hydrogen) atoms. The number of halogens is 1. The van der Waals surface area contributed by atoms with Gasteiger partial charge >= 0.3 is 0 Å². The average molecular weight is 619 g/mol. The molecule has 0 saturated heterocycles. The molecular weight excluding hydrogens is 592 g/mol. The Morgan fingerprint density at radius 1 is 1.02 bits per heavy atom. The lowest BCUT2D eigenvalue weighted by atomic mass is 9.81. The summed E-state index contributed by atoms with van der Waals surface area (Å²) >= 11 is 9.73. The number of para-hydroxylation sites is 1. The monoisotopic (exact) mass is 618 g/mol. The van der Waals surface area contributed by atoms with Crippen molar-refractivity contribution in [1.29, 1.82) is 5.26 Å². The van der Waals surface area contributed by atoms with E-state index in [-0.39, 0.29) is 11.7 Å². The summed E-state index contributed by atoms with van der Waals surface area (Å²) in [7, 11) is 0. The summed E-state index contributed by atoms with van der Waals surface area (Å²) in [5.41, 5.74) is 7.76. The minimum Gasteiger partial charge on any atom is -0.349 e. The van der Waals surface area contributed by atoms with Crippen LogP contribution >= 0.6 is 34.7 Å². The van der Waals surface area contributed by atoms with Crippen molar-refractivity contribution in [2.24, 2.45) is 0 Å². The molecule has 0 fully saturated rings. The first kappa shape index (κ1) is 28.8. The van der Waals surface area contributed by atoms with Gasteiger partial charge in [-0.05, 0) is 54.8 Å². The SMILES string of the molecule is Cc1ccc(NC(=O)CSC2=C(C#N)[C@H](c3ccccc3Cl)C(c3nc4ccccc4s3)=C(c3ccccc3)N2)c(C)c1. The Balaban J connectivity index is 1.46. The van der Waals surface area contributed by atoms with Gasteiger partial charge in [0.15, 0.2) is 0 Å². The van der Waals surface area contributed by atoms with E-state index >= 15 is 0 Å². The molecule has 5 nitrogen and oxygen atoms in total. The lowest BCUT2D eigenvalue weighted by molar-refractivity contribution is -0.113. The van der Waals surface area contributed by atoms with Gasteiger partial charge in [0, 0.05) is 16.3 Å². The molecule has 0 bridgehead atoms. The van der Waals surface area contributed by atoms with Crippen molar-refractivity contribution in [2.75, 3.05) is 11.1 Å². The van der Waals surface area contributed by atoms with E-state index < -0.39 is 5.92 Å². The van der Waals surface area contributed by atoms with Gasteiger partial charge in [-0.1, -0.05) is 102 Å². The Labute approximate surface area is 263 Å². The quantitative estimate of drug-likeness (QED) is 0.190. The van der Waals surface area contributed by atoms with Gasteiger partial charge in [-0.3, -0.25) is 4.79 Å². The van der Waals surface area contributed by atoms with Crippen LogP contribution in [0.1, 0.15) is 33.2 Å². The molecule has 0 spiro atoms. The Bertz CT molecular complexity index is 1920. The molecule has 0 unspecified atom stereocenters. The number of aryl methyl sites for hydroxylation is 2. The minimum absolute atomic E-state index is 0.120. The number of nitrogens with zero attached hydrogens (tertiary/aromatic N) is 2. The van der Waals surface area contributed by atoms with Crippen LogP contribution in [-0.4, -0.2) is 16.6 Å². The Morgan fingerprint density at radius 3 is 2.51 bits per heavy atom. The fourth-order valence-corrected chi connectivity index (χ4v) is 7.38. The molecule has 1 aromatic heterocycles. The number of rotatable bonds is 7. The molecule has 8 heteroatoms. The number of fused-ring (bicyclic) bond motifs is 1. The van der Waals surface area contributed by atoms with Crippen LogP contribution in [0.5, 0.6) is 0 Å². The second-order valence-electron chi connectivity index (χ2n) is 10.2. The molecule has 6 rings (SSSR count). The molecule has 2 N–H and O–H groups in total. The molecule has 0 aliphatic carbocycles. The van der Waals surface area contributed by atoms with Crippen LogP contribution < -0.4 is 10.6 Å². The van der Waals surface area contributed by atoms with Crippen LogP contribution in [0.3, 0.4) is 0 Å². The van der Waals surface area contributed by atoms with Gasteiger partial charge < -0.3 is 10.6 Å². The fourth-order valence-electron chi connectivity index (χ4n) is 5.25. The number of nitriles is 1. The number of nitrogens with one attached hydrogen (secondary N) is 2. The topological polar surface area (TPSA) is 77.8 Å². The number of thiazole rings is 1. The highest BCUT2D eigenvalue weighted by Gasteiger charge is 2.36. The lowest BCUT2D eigenvalue weighted by Crippen LogP contribution is -2.25. The van der Waals surface area contributed by atoms with Crippen LogP contribution in [0.2, 0.25) is 5.02 Å². The number of aromatic nitrogens is 1. The Kier molecular flexibility index (Phi) is 8.35. The molecule has 0 saturated carbocycles. The standard InChI is InChI=1S/C35H27ClN4OS2/c1-21-16-17-27(22(2)18-21)38-30(41)20-42-34-25(19-37)31(24-12-6-7-13-26(24)36)32(33(40-34)23-10-4-3-5-11-23)35-39-28-14-8-9-15-29(28)43-35/h3-18,31,40H,20H2,1-2H3,(H,38,41)/t31-/m0/s1. The smallest absolute Gasteiger partial charge is 0.234 e. The second-order valence-corrected chi connectivity index (χ2v) is 12.7. The molecule has 4 aromatic carbocycles. The highest BCUT2D eigenvalue weighted by molar-refractivity contribution is 8.03. The van der Waals surface area contributed by atoms with Crippen molar-refractivity contribution >= 4 is 67.8 Å². The van der Waals surface area contributed by atoms with Gasteiger partial charge in [-0.2, -0.15) is 5.26 Å². The van der Waals surface area contributed by atoms with Gasteiger partial charge in [-0.25, -0.2) is 4.98 Å². The number of thioether (sulfide) groups is 1. The van der Waals surface area contributed by atoms with E-state index in [0.29, 0.717) is 15.6 Å². The highest BCUT2D eigenvalue weighted by Crippen LogP contribution is 2.50. The lowest BCUT2D eigenvalue weighted by Gasteiger charge is -2.31. The zero-order valence-corrected chi connectivity index (χ0v) is 25.9. The predicted octanol–water partition coefficient (Wildman–Crippen LogP) is 8.93. The first-order chi connectivity index (χ1) is 20.9. The van der Waals surface area contributed by atoms with Gasteiger partial charge in [0.05, 0.1) is 44.3 Å². The summed E-state index contributed by atoms with van der Waals surface area (Å²) in [6.07, 6.45) is 0. The molecule has 2 heterocycles. The highest BCUT2D eigenvalue weighted by atomic mass is 35.5. The number of hydrogen-bond donors (Lipinski definition) is 2. The fraction of sp³-hybridized carbons (Fsp3) is 0.114. The molecular formula is C35H27ClN4OS2. The molecule has 1 amide bonds. The first-order valence-corrected chi connectivity index (χ1v) is 15.9. The average Bonchev–Trinajstić information content (AvgIpc) is 3.45. The maximum atomic E-state index is 13.1. The number of amides is 1. The maximum absolute atomic E-state index is 13.1. The van der Waals surface area contributed by atoms with E-state index in [1.807, 2.05) is 105 Å². The maximum Gasteiger partial charge on any atom is 0.234 e. The summed E-state index contributed by atoms with van der Waals surface area (Å²) in [6, 6.07) is 34.0. The van der Waals surface area contributed by atoms with Gasteiger partial charge in [0.25, 0.3) is 0 Å². The number of anilines is 1. The number of carbonyl (C=O) groups is 1. The van der Waals surface area contributed by atoms with Crippen molar-refractivity contribution in [2.45, 2.75) is 19.8 Å². The third-order valence-corrected chi connectivity index (χ3v) is 9.69. The summed E-state index contributed by atoms with van der Waals surface area (Å²) in [4.78, 5) is 18.1. The van der Waals surface area contributed by atoms with Crippen molar-refractivity contribution in [1.82, 2.24) is 10.3 Å². The van der Waals surface area contributed by atoms with Crippen LogP contribution in [0, 0.1) is 25.2 Å². The molecule has 1 aliphatic rings. The third kappa shape index (κ3) is 5.95. The summed E-state index contributed by atoms with van der Waals surface area (Å²) in [5, 5.41) is 19.2. The molecule has 5 aromatic rings. The summed E-state index contributed by atoms with van der Waals surface area (Å²) < 4.78 is 1.06. The van der Waals surface area contributed by atoms with Crippen molar-refractivity contribution in [3.8, 4) is 6.07 Å². The number of carbonyl (C=O) groups excluding carboxylic acids is 1. The van der Waals surface area contributed by atoms with Crippen LogP contribution in [-0.2, 0) is 4.79 Å². The summed E-state index contributed by atoms with van der Waals surface area (Å²) in [5.74, 6) is -0.533. The van der Waals surface area contributed by atoms with Crippen molar-refractivity contribution in [3.63, 3.8) is 0 Å². The van der Waals surface area contributed by atoms with Gasteiger partial charge in [0.2, 0.25) is 5.91 Å². The van der Waals surface area contributed by atoms with Crippen LogP contribution in [0.15, 0.2) is 108 Å². The number of hydrogen-bond acceptors (Lipinski definition) is 6. The second kappa shape index (κ2) is 12.5. The van der Waals surface area contributed by atoms with Crippen molar-refractivity contribution < 1.29 is 4.79 Å². The largest absolute Gasteiger partial charge is 0.349 e. The number of benzene rings is 4. The van der Waals surface area contributed by atoms with Crippen LogP contribution in [0.25, 0.3) is 21.5 Å². The molecule has 0 radical (unpaired) electrons. The Hall–Kier alpha value is -4.35.